The third-order valence-corrected chi connectivity index (χ3v) is 5.71. The van der Waals surface area contributed by atoms with E-state index in [9.17, 15) is 18.0 Å². The minimum atomic E-state index is -4.03. The van der Waals surface area contributed by atoms with Crippen LogP contribution in [-0.4, -0.2) is 46.3 Å². The third kappa shape index (κ3) is 3.97. The largest absolute Gasteiger partial charge is 0.486 e. The molecule has 0 aromatic heterocycles. The molecule has 10 heteroatoms. The lowest BCUT2D eigenvalue weighted by Crippen LogP contribution is -2.24. The van der Waals surface area contributed by atoms with Crippen molar-refractivity contribution in [2.45, 2.75) is 17.4 Å². The predicted molar refractivity (Wildman–Crippen MR) is 99.5 cm³/mol. The molecule has 4 rings (SSSR count). The van der Waals surface area contributed by atoms with Crippen LogP contribution in [-0.2, 0) is 24.3 Å². The van der Waals surface area contributed by atoms with Crippen LogP contribution in [0.1, 0.15) is 16.8 Å². The van der Waals surface area contributed by atoms with Crippen LogP contribution >= 0.6 is 0 Å². The number of carbonyl (C=O) groups is 2. The van der Waals surface area contributed by atoms with E-state index in [0.717, 1.165) is 0 Å². The van der Waals surface area contributed by atoms with Crippen molar-refractivity contribution in [3.63, 3.8) is 0 Å². The van der Waals surface area contributed by atoms with Gasteiger partial charge in [-0.25, -0.2) is 18.0 Å². The maximum Gasteiger partial charge on any atom is 0.347 e. The number of benzene rings is 2. The highest BCUT2D eigenvalue weighted by atomic mass is 32.2. The molecule has 0 bridgehead atoms. The van der Waals surface area contributed by atoms with Crippen molar-refractivity contribution in [2.75, 3.05) is 24.5 Å². The van der Waals surface area contributed by atoms with Crippen molar-refractivity contribution >= 4 is 27.6 Å². The molecular formula is C19H17NO8S. The fraction of sp³-hybridized carbons (Fsp3) is 0.263. The number of rotatable bonds is 5. The number of ether oxygens (including phenoxy) is 4. The Labute approximate surface area is 166 Å². The SMILES string of the molecule is O=C(OC1CCOC1=O)c1ccccc1NS(=O)(=O)c1ccc2c(c1)OCCO2. The standard InChI is InChI=1S/C19H17NO8S/c21-18(28-16-7-8-27-19(16)22)13-3-1-2-4-14(13)20-29(23,24)12-5-6-15-17(11-12)26-10-9-25-15/h1-6,11,16,20H,7-10H2. The van der Waals surface area contributed by atoms with Gasteiger partial charge in [-0.15, -0.1) is 0 Å². The van der Waals surface area contributed by atoms with E-state index in [1.807, 2.05) is 0 Å². The van der Waals surface area contributed by atoms with E-state index >= 15 is 0 Å². The van der Waals surface area contributed by atoms with Gasteiger partial charge in [0.05, 0.1) is 22.8 Å². The molecule has 152 valence electrons. The molecular weight excluding hydrogens is 402 g/mol. The molecule has 1 N–H and O–H groups in total. The second-order valence-electron chi connectivity index (χ2n) is 6.31. The van der Waals surface area contributed by atoms with Crippen LogP contribution in [0.15, 0.2) is 47.4 Å². The summed E-state index contributed by atoms with van der Waals surface area (Å²) in [6, 6.07) is 10.2. The first-order valence-electron chi connectivity index (χ1n) is 8.83. The Bertz CT molecular complexity index is 1070. The predicted octanol–water partition coefficient (Wildman–Crippen LogP) is 1.73. The lowest BCUT2D eigenvalue weighted by atomic mass is 10.2. The monoisotopic (exact) mass is 419 g/mol. The highest BCUT2D eigenvalue weighted by molar-refractivity contribution is 7.92. The Balaban J connectivity index is 1.57. The van der Waals surface area contributed by atoms with Crippen LogP contribution in [0.5, 0.6) is 11.5 Å². The fourth-order valence-electron chi connectivity index (χ4n) is 2.92. The maximum absolute atomic E-state index is 12.8. The molecule has 0 spiro atoms. The summed E-state index contributed by atoms with van der Waals surface area (Å²) in [7, 11) is -4.03. The Morgan fingerprint density at radius 2 is 1.76 bits per heavy atom. The number of nitrogens with one attached hydrogen (secondary N) is 1. The topological polar surface area (TPSA) is 117 Å². The normalized spacial score (nSPS) is 18.1. The molecule has 2 aliphatic heterocycles. The van der Waals surface area contributed by atoms with Crippen molar-refractivity contribution in [3.05, 3.63) is 48.0 Å². The number of hydrogen-bond acceptors (Lipinski definition) is 8. The van der Waals surface area contributed by atoms with Crippen LogP contribution in [0.25, 0.3) is 0 Å². The summed E-state index contributed by atoms with van der Waals surface area (Å²) in [4.78, 5) is 24.0. The van der Waals surface area contributed by atoms with Crippen LogP contribution in [0, 0.1) is 0 Å². The third-order valence-electron chi connectivity index (χ3n) is 4.35. The molecule has 2 heterocycles. The summed E-state index contributed by atoms with van der Waals surface area (Å²) in [6.45, 7) is 0.888. The quantitative estimate of drug-likeness (QED) is 0.728. The lowest BCUT2D eigenvalue weighted by Gasteiger charge is -2.19. The first kappa shape index (κ1) is 19.1. The molecule has 0 saturated carbocycles. The highest BCUT2D eigenvalue weighted by Gasteiger charge is 2.31. The van der Waals surface area contributed by atoms with E-state index in [1.165, 1.54) is 30.3 Å². The number of para-hydroxylation sites is 1. The van der Waals surface area contributed by atoms with E-state index in [0.29, 0.717) is 24.7 Å². The Kier molecular flexibility index (Phi) is 5.01. The van der Waals surface area contributed by atoms with E-state index in [2.05, 4.69) is 4.72 Å². The summed E-state index contributed by atoms with van der Waals surface area (Å²) in [5, 5.41) is 0. The molecule has 2 aromatic carbocycles. The number of fused-ring (bicyclic) bond motifs is 1. The summed E-state index contributed by atoms with van der Waals surface area (Å²) < 4.78 is 48.8. The Morgan fingerprint density at radius 3 is 2.52 bits per heavy atom. The van der Waals surface area contributed by atoms with E-state index < -0.39 is 28.1 Å². The number of carbonyl (C=O) groups excluding carboxylic acids is 2. The summed E-state index contributed by atoms with van der Waals surface area (Å²) >= 11 is 0. The van der Waals surface area contributed by atoms with Gasteiger partial charge in [-0.1, -0.05) is 12.1 Å². The highest BCUT2D eigenvalue weighted by Crippen LogP contribution is 2.33. The lowest BCUT2D eigenvalue weighted by molar-refractivity contribution is -0.145. The molecule has 2 aromatic rings. The molecule has 29 heavy (non-hydrogen) atoms. The maximum atomic E-state index is 12.8. The van der Waals surface area contributed by atoms with Gasteiger partial charge >= 0.3 is 11.9 Å². The van der Waals surface area contributed by atoms with Crippen molar-refractivity contribution in [3.8, 4) is 11.5 Å². The first-order valence-corrected chi connectivity index (χ1v) is 10.3. The van der Waals surface area contributed by atoms with Crippen LogP contribution in [0.3, 0.4) is 0 Å². The number of esters is 2. The van der Waals surface area contributed by atoms with Gasteiger partial charge in [0.2, 0.25) is 6.10 Å². The molecule has 0 amide bonds. The molecule has 2 aliphatic rings. The molecule has 1 atom stereocenters. The fourth-order valence-corrected chi connectivity index (χ4v) is 4.02. The van der Waals surface area contributed by atoms with E-state index in [-0.39, 0.29) is 29.2 Å². The van der Waals surface area contributed by atoms with E-state index in [4.69, 9.17) is 18.9 Å². The molecule has 1 saturated heterocycles. The zero-order valence-electron chi connectivity index (χ0n) is 15.1. The van der Waals surface area contributed by atoms with Crippen LogP contribution < -0.4 is 14.2 Å². The molecule has 0 aliphatic carbocycles. The van der Waals surface area contributed by atoms with Gasteiger partial charge in [-0.3, -0.25) is 4.72 Å². The van der Waals surface area contributed by atoms with Gasteiger partial charge in [-0.05, 0) is 24.3 Å². The number of anilines is 1. The second kappa shape index (κ2) is 7.63. The number of sulfonamides is 1. The van der Waals surface area contributed by atoms with Gasteiger partial charge in [0.15, 0.2) is 11.5 Å². The smallest absolute Gasteiger partial charge is 0.347 e. The second-order valence-corrected chi connectivity index (χ2v) is 7.99. The average Bonchev–Trinajstić information content (AvgIpc) is 3.12. The molecule has 1 unspecified atom stereocenters. The molecule has 1 fully saturated rings. The minimum Gasteiger partial charge on any atom is -0.486 e. The number of cyclic esters (lactones) is 1. The van der Waals surface area contributed by atoms with Crippen molar-refractivity contribution < 1.29 is 37.0 Å². The first-order chi connectivity index (χ1) is 13.9. The van der Waals surface area contributed by atoms with Gasteiger partial charge in [0.1, 0.15) is 13.2 Å². The molecule has 0 radical (unpaired) electrons. The summed E-state index contributed by atoms with van der Waals surface area (Å²) in [5.41, 5.74) is 0.00655. The van der Waals surface area contributed by atoms with Gasteiger partial charge in [0, 0.05) is 12.5 Å². The zero-order chi connectivity index (χ0) is 20.4. The van der Waals surface area contributed by atoms with Crippen LogP contribution in [0.2, 0.25) is 0 Å². The Hall–Kier alpha value is -3.27. The number of hydrogen-bond donors (Lipinski definition) is 1. The summed E-state index contributed by atoms with van der Waals surface area (Å²) in [6.07, 6.45) is -0.736. The van der Waals surface area contributed by atoms with Crippen molar-refractivity contribution in [1.29, 1.82) is 0 Å². The Morgan fingerprint density at radius 1 is 1.00 bits per heavy atom. The van der Waals surface area contributed by atoms with Gasteiger partial charge in [0.25, 0.3) is 10.0 Å². The van der Waals surface area contributed by atoms with Crippen molar-refractivity contribution in [1.82, 2.24) is 0 Å². The van der Waals surface area contributed by atoms with Gasteiger partial charge < -0.3 is 18.9 Å². The van der Waals surface area contributed by atoms with Gasteiger partial charge in [-0.2, -0.15) is 0 Å². The zero-order valence-corrected chi connectivity index (χ0v) is 15.9. The minimum absolute atomic E-state index is 0.0201. The van der Waals surface area contributed by atoms with E-state index in [1.54, 1.807) is 12.1 Å². The molecule has 9 nitrogen and oxygen atoms in total. The summed E-state index contributed by atoms with van der Waals surface area (Å²) in [5.74, 6) is -0.656. The van der Waals surface area contributed by atoms with Crippen molar-refractivity contribution in [2.24, 2.45) is 0 Å². The average molecular weight is 419 g/mol. The van der Waals surface area contributed by atoms with Crippen LogP contribution in [0.4, 0.5) is 5.69 Å².